The molecule has 1 atom stereocenters. The van der Waals surface area contributed by atoms with Gasteiger partial charge in [-0.2, -0.15) is 0 Å². The highest BCUT2D eigenvalue weighted by atomic mass is 16.5. The van der Waals surface area contributed by atoms with Crippen LogP contribution in [0.3, 0.4) is 0 Å². The summed E-state index contributed by atoms with van der Waals surface area (Å²) in [5.74, 6) is 3.20. The van der Waals surface area contributed by atoms with E-state index in [1.165, 1.54) is 11.1 Å². The van der Waals surface area contributed by atoms with Crippen LogP contribution in [0, 0.1) is 0 Å². The van der Waals surface area contributed by atoms with Gasteiger partial charge in [0.05, 0.1) is 20.8 Å². The highest BCUT2D eigenvalue weighted by molar-refractivity contribution is 5.44. The second-order valence-corrected chi connectivity index (χ2v) is 5.29. The third-order valence-corrected chi connectivity index (χ3v) is 4.03. The third kappa shape index (κ3) is 2.97. The first-order valence-electron chi connectivity index (χ1n) is 7.24. The van der Waals surface area contributed by atoms with Crippen molar-refractivity contribution in [1.82, 2.24) is 0 Å². The summed E-state index contributed by atoms with van der Waals surface area (Å²) in [5.41, 5.74) is 2.60. The van der Waals surface area contributed by atoms with E-state index in [2.05, 4.69) is 18.2 Å². The van der Waals surface area contributed by atoms with E-state index in [1.807, 2.05) is 24.3 Å². The van der Waals surface area contributed by atoms with E-state index in [9.17, 15) is 0 Å². The molecule has 21 heavy (non-hydrogen) atoms. The van der Waals surface area contributed by atoms with Crippen molar-refractivity contribution in [2.75, 3.05) is 20.8 Å². The van der Waals surface area contributed by atoms with Crippen LogP contribution in [0.25, 0.3) is 0 Å². The lowest BCUT2D eigenvalue weighted by Crippen LogP contribution is -2.16. The maximum atomic E-state index is 5.77. The lowest BCUT2D eigenvalue weighted by atomic mass is 9.87. The fraction of sp³-hybridized carbons (Fsp3) is 0.333. The van der Waals surface area contributed by atoms with E-state index in [0.717, 1.165) is 36.7 Å². The van der Waals surface area contributed by atoms with E-state index in [1.54, 1.807) is 14.2 Å². The maximum Gasteiger partial charge on any atom is 0.126 e. The number of rotatable bonds is 4. The first kappa shape index (κ1) is 13.8. The van der Waals surface area contributed by atoms with Crippen molar-refractivity contribution in [3.63, 3.8) is 0 Å². The van der Waals surface area contributed by atoms with E-state index in [0.29, 0.717) is 5.92 Å². The second kappa shape index (κ2) is 6.08. The van der Waals surface area contributed by atoms with Crippen LogP contribution < -0.4 is 14.2 Å². The number of hydrogen-bond donors (Lipinski definition) is 0. The van der Waals surface area contributed by atoms with Crippen LogP contribution >= 0.6 is 0 Å². The molecule has 0 saturated carbocycles. The average Bonchev–Trinajstić information content (AvgIpc) is 2.55. The summed E-state index contributed by atoms with van der Waals surface area (Å²) in [7, 11) is 3.37. The molecule has 1 heterocycles. The van der Waals surface area contributed by atoms with E-state index in [-0.39, 0.29) is 0 Å². The molecule has 0 unspecified atom stereocenters. The molecule has 0 N–H and O–H groups in total. The van der Waals surface area contributed by atoms with Crippen LogP contribution in [0.15, 0.2) is 42.5 Å². The molecule has 0 fully saturated rings. The van der Waals surface area contributed by atoms with Gasteiger partial charge >= 0.3 is 0 Å². The fourth-order valence-corrected chi connectivity index (χ4v) is 2.83. The van der Waals surface area contributed by atoms with Gasteiger partial charge in [-0.3, -0.25) is 0 Å². The summed E-state index contributed by atoms with van der Waals surface area (Å²) in [4.78, 5) is 0. The van der Waals surface area contributed by atoms with Gasteiger partial charge in [0, 0.05) is 6.07 Å². The summed E-state index contributed by atoms with van der Waals surface area (Å²) >= 11 is 0. The minimum atomic E-state index is 0.494. The Bertz CT molecular complexity index is 604. The Balaban J connectivity index is 1.81. The number of ether oxygens (including phenoxy) is 3. The van der Waals surface area contributed by atoms with Crippen molar-refractivity contribution in [3.8, 4) is 17.2 Å². The topological polar surface area (TPSA) is 27.7 Å². The molecule has 1 aliphatic rings. The van der Waals surface area contributed by atoms with Crippen molar-refractivity contribution in [1.29, 1.82) is 0 Å². The van der Waals surface area contributed by atoms with Crippen LogP contribution in [0.4, 0.5) is 0 Å². The Morgan fingerprint density at radius 1 is 1.00 bits per heavy atom. The van der Waals surface area contributed by atoms with Gasteiger partial charge in [0.1, 0.15) is 17.2 Å². The number of methoxy groups -OCH3 is 2. The lowest BCUT2D eigenvalue weighted by Gasteiger charge is -2.26. The zero-order chi connectivity index (χ0) is 14.7. The van der Waals surface area contributed by atoms with E-state index in [4.69, 9.17) is 14.2 Å². The molecule has 1 aliphatic heterocycles. The lowest BCUT2D eigenvalue weighted by molar-refractivity contribution is 0.265. The van der Waals surface area contributed by atoms with Crippen molar-refractivity contribution < 1.29 is 14.2 Å². The molecule has 3 rings (SSSR count). The minimum Gasteiger partial charge on any atom is -0.497 e. The first-order chi connectivity index (χ1) is 10.3. The second-order valence-electron chi connectivity index (χ2n) is 5.29. The predicted molar refractivity (Wildman–Crippen MR) is 82.5 cm³/mol. The third-order valence-electron chi connectivity index (χ3n) is 4.03. The zero-order valence-electron chi connectivity index (χ0n) is 12.5. The summed E-state index contributed by atoms with van der Waals surface area (Å²) in [6.45, 7) is 0.765. The molecule has 2 aromatic rings. The Morgan fingerprint density at radius 3 is 2.43 bits per heavy atom. The molecule has 0 bridgehead atoms. The van der Waals surface area contributed by atoms with Gasteiger partial charge in [0.2, 0.25) is 0 Å². The van der Waals surface area contributed by atoms with Gasteiger partial charge < -0.3 is 14.2 Å². The summed E-state index contributed by atoms with van der Waals surface area (Å²) in [6.07, 6.45) is 2.07. The first-order valence-corrected chi connectivity index (χ1v) is 7.24. The van der Waals surface area contributed by atoms with Gasteiger partial charge in [-0.15, -0.1) is 0 Å². The van der Waals surface area contributed by atoms with Gasteiger partial charge in [-0.25, -0.2) is 0 Å². The molecule has 3 nitrogen and oxygen atoms in total. The quantitative estimate of drug-likeness (QED) is 0.854. The highest BCUT2D eigenvalue weighted by Crippen LogP contribution is 2.38. The van der Waals surface area contributed by atoms with E-state index >= 15 is 0 Å². The molecule has 0 radical (unpaired) electrons. The monoisotopic (exact) mass is 284 g/mol. The van der Waals surface area contributed by atoms with Crippen molar-refractivity contribution in [2.45, 2.75) is 18.8 Å². The molecule has 0 saturated heterocycles. The van der Waals surface area contributed by atoms with Gasteiger partial charge in [0.25, 0.3) is 0 Å². The summed E-state index contributed by atoms with van der Waals surface area (Å²) in [6, 6.07) is 14.4. The molecule has 110 valence electrons. The van der Waals surface area contributed by atoms with Crippen LogP contribution in [0.2, 0.25) is 0 Å². The number of fused-ring (bicyclic) bond motifs is 1. The molecule has 0 amide bonds. The van der Waals surface area contributed by atoms with Crippen LogP contribution in [-0.2, 0) is 6.42 Å². The van der Waals surface area contributed by atoms with E-state index < -0.39 is 0 Å². The fourth-order valence-electron chi connectivity index (χ4n) is 2.83. The Labute approximate surface area is 125 Å². The number of hydrogen-bond acceptors (Lipinski definition) is 3. The van der Waals surface area contributed by atoms with Crippen molar-refractivity contribution in [2.24, 2.45) is 0 Å². The molecule has 2 aromatic carbocycles. The Hall–Kier alpha value is -2.16. The predicted octanol–water partition coefficient (Wildman–Crippen LogP) is 3.81. The number of benzene rings is 2. The Kier molecular flexibility index (Phi) is 4.00. The molecule has 0 aliphatic carbocycles. The molecular formula is C18H20O3. The zero-order valence-corrected chi connectivity index (χ0v) is 12.5. The molecule has 0 aromatic heterocycles. The smallest absolute Gasteiger partial charge is 0.126 e. The van der Waals surface area contributed by atoms with Crippen LogP contribution in [0.5, 0.6) is 17.2 Å². The van der Waals surface area contributed by atoms with Gasteiger partial charge in [0.15, 0.2) is 0 Å². The molecule has 0 spiro atoms. The minimum absolute atomic E-state index is 0.494. The van der Waals surface area contributed by atoms with Crippen LogP contribution in [0.1, 0.15) is 23.5 Å². The largest absolute Gasteiger partial charge is 0.497 e. The van der Waals surface area contributed by atoms with Gasteiger partial charge in [-0.05, 0) is 48.1 Å². The summed E-state index contributed by atoms with van der Waals surface area (Å²) < 4.78 is 16.2. The van der Waals surface area contributed by atoms with Crippen LogP contribution in [-0.4, -0.2) is 20.8 Å². The van der Waals surface area contributed by atoms with Gasteiger partial charge in [-0.1, -0.05) is 18.2 Å². The normalized spacial score (nSPS) is 16.8. The highest BCUT2D eigenvalue weighted by Gasteiger charge is 2.22. The Morgan fingerprint density at radius 2 is 1.71 bits per heavy atom. The van der Waals surface area contributed by atoms with Crippen molar-refractivity contribution in [3.05, 3.63) is 53.6 Å². The molecular weight excluding hydrogens is 264 g/mol. The summed E-state index contributed by atoms with van der Waals surface area (Å²) in [5, 5.41) is 0. The van der Waals surface area contributed by atoms with Crippen molar-refractivity contribution >= 4 is 0 Å². The SMILES string of the molecule is COc1ccc(C[C@H]2CCOc3cc(OC)ccc32)cc1. The average molecular weight is 284 g/mol. The molecule has 3 heteroatoms. The standard InChI is InChI=1S/C18H20O3/c1-19-15-5-3-13(4-6-15)11-14-9-10-21-18-12-16(20-2)7-8-17(14)18/h3-8,12,14H,9-11H2,1-2H3/t14-/m1/s1. The maximum absolute atomic E-state index is 5.77.